The van der Waals surface area contributed by atoms with E-state index in [0.29, 0.717) is 5.92 Å². The normalized spacial score (nSPS) is 11.3. The van der Waals surface area contributed by atoms with E-state index in [0.717, 1.165) is 39.0 Å². The summed E-state index contributed by atoms with van der Waals surface area (Å²) in [6, 6.07) is 0. The molecule has 2 aromatic rings. The van der Waals surface area contributed by atoms with Crippen molar-refractivity contribution in [1.82, 2.24) is 24.4 Å². The predicted octanol–water partition coefficient (Wildman–Crippen LogP) is 2.31. The number of aryl methyl sites for hydroxylation is 2. The highest BCUT2D eigenvalue weighted by Crippen LogP contribution is 2.04. The summed E-state index contributed by atoms with van der Waals surface area (Å²) < 4.78 is 4.38. The summed E-state index contributed by atoms with van der Waals surface area (Å²) in [5, 5.41) is 3.47. The van der Waals surface area contributed by atoms with Gasteiger partial charge in [-0.2, -0.15) is 0 Å². The number of hydrogen-bond acceptors (Lipinski definition) is 3. The lowest BCUT2D eigenvalue weighted by atomic mass is 10.2. The van der Waals surface area contributed by atoms with Crippen molar-refractivity contribution in [2.24, 2.45) is 5.92 Å². The molecule has 0 amide bonds. The molecular weight excluding hydrogens is 250 g/mol. The molecule has 0 spiro atoms. The average molecular weight is 275 g/mol. The molecule has 0 bridgehead atoms. The number of nitrogens with zero attached hydrogens (tertiary/aromatic N) is 4. The van der Waals surface area contributed by atoms with Crippen molar-refractivity contribution in [3.05, 3.63) is 36.9 Å². The summed E-state index contributed by atoms with van der Waals surface area (Å²) in [4.78, 5) is 8.31. The number of rotatable bonds is 9. The minimum atomic E-state index is 0.682. The van der Waals surface area contributed by atoms with Crippen LogP contribution < -0.4 is 5.32 Å². The van der Waals surface area contributed by atoms with E-state index in [1.807, 2.05) is 31.2 Å². The third kappa shape index (κ3) is 4.81. The molecule has 0 fully saturated rings. The van der Waals surface area contributed by atoms with Crippen molar-refractivity contribution in [3.8, 4) is 0 Å². The van der Waals surface area contributed by atoms with E-state index in [1.54, 1.807) is 0 Å². The molecule has 0 aliphatic carbocycles. The summed E-state index contributed by atoms with van der Waals surface area (Å²) in [7, 11) is 0. The van der Waals surface area contributed by atoms with Gasteiger partial charge in [-0.05, 0) is 25.3 Å². The molecule has 2 heterocycles. The first-order valence-electron chi connectivity index (χ1n) is 7.41. The van der Waals surface area contributed by atoms with Crippen molar-refractivity contribution >= 4 is 0 Å². The van der Waals surface area contributed by atoms with Crippen LogP contribution in [0.4, 0.5) is 0 Å². The molecule has 20 heavy (non-hydrogen) atoms. The van der Waals surface area contributed by atoms with Gasteiger partial charge in [-0.3, -0.25) is 0 Å². The van der Waals surface area contributed by atoms with Gasteiger partial charge in [0.15, 0.2) is 0 Å². The van der Waals surface area contributed by atoms with Gasteiger partial charge < -0.3 is 14.5 Å². The summed E-state index contributed by atoms with van der Waals surface area (Å²) in [5.74, 6) is 0.682. The van der Waals surface area contributed by atoms with Crippen molar-refractivity contribution in [2.45, 2.75) is 46.3 Å². The zero-order chi connectivity index (χ0) is 14.2. The van der Waals surface area contributed by atoms with Crippen molar-refractivity contribution in [3.63, 3.8) is 0 Å². The van der Waals surface area contributed by atoms with Crippen LogP contribution >= 0.6 is 0 Å². The maximum absolute atomic E-state index is 4.26. The highest BCUT2D eigenvalue weighted by Gasteiger charge is 2.02. The summed E-state index contributed by atoms with van der Waals surface area (Å²) >= 11 is 0. The van der Waals surface area contributed by atoms with Gasteiger partial charge in [0, 0.05) is 38.2 Å². The van der Waals surface area contributed by atoms with Gasteiger partial charge in [-0.15, -0.1) is 0 Å². The maximum atomic E-state index is 4.26. The Hall–Kier alpha value is -1.62. The second kappa shape index (κ2) is 7.85. The standard InChI is InChI=1S/C15H25N5/c1-14(2)9-17-10-15-11-18-13-20(15)7-4-3-6-19-8-5-16-12-19/h5,8,11-14,17H,3-4,6-7,9-10H2,1-2H3. The van der Waals surface area contributed by atoms with Gasteiger partial charge in [-0.1, -0.05) is 13.8 Å². The molecule has 1 N–H and O–H groups in total. The van der Waals surface area contributed by atoms with E-state index < -0.39 is 0 Å². The second-order valence-electron chi connectivity index (χ2n) is 5.61. The molecule has 0 unspecified atom stereocenters. The first-order valence-corrected chi connectivity index (χ1v) is 7.41. The third-order valence-corrected chi connectivity index (χ3v) is 3.28. The van der Waals surface area contributed by atoms with E-state index in [4.69, 9.17) is 0 Å². The number of imidazole rings is 2. The van der Waals surface area contributed by atoms with Crippen LogP contribution in [0, 0.1) is 5.92 Å². The fourth-order valence-electron chi connectivity index (χ4n) is 2.18. The van der Waals surface area contributed by atoms with Crippen LogP contribution in [0.5, 0.6) is 0 Å². The third-order valence-electron chi connectivity index (χ3n) is 3.28. The van der Waals surface area contributed by atoms with E-state index in [2.05, 4.69) is 38.3 Å². The molecule has 5 nitrogen and oxygen atoms in total. The van der Waals surface area contributed by atoms with Crippen LogP contribution in [0.2, 0.25) is 0 Å². The second-order valence-corrected chi connectivity index (χ2v) is 5.61. The Bertz CT molecular complexity index is 472. The molecule has 5 heteroatoms. The van der Waals surface area contributed by atoms with Gasteiger partial charge in [0.05, 0.1) is 18.3 Å². The SMILES string of the molecule is CC(C)CNCc1cncn1CCCCn1ccnc1. The zero-order valence-electron chi connectivity index (χ0n) is 12.5. The lowest BCUT2D eigenvalue weighted by Crippen LogP contribution is -2.20. The monoisotopic (exact) mass is 275 g/mol. The van der Waals surface area contributed by atoms with Crippen LogP contribution in [0.3, 0.4) is 0 Å². The maximum Gasteiger partial charge on any atom is 0.0948 e. The molecule has 2 rings (SSSR count). The van der Waals surface area contributed by atoms with Crippen molar-refractivity contribution in [2.75, 3.05) is 6.54 Å². The van der Waals surface area contributed by atoms with Crippen molar-refractivity contribution < 1.29 is 0 Å². The van der Waals surface area contributed by atoms with Gasteiger partial charge in [-0.25, -0.2) is 9.97 Å². The highest BCUT2D eigenvalue weighted by atomic mass is 15.1. The first kappa shape index (κ1) is 14.8. The van der Waals surface area contributed by atoms with E-state index in [1.165, 1.54) is 5.69 Å². The molecule has 0 atom stereocenters. The van der Waals surface area contributed by atoms with Crippen LogP contribution in [-0.4, -0.2) is 25.6 Å². The zero-order valence-corrected chi connectivity index (χ0v) is 12.5. The van der Waals surface area contributed by atoms with Gasteiger partial charge in [0.1, 0.15) is 0 Å². The Labute approximate surface area is 121 Å². The van der Waals surface area contributed by atoms with Gasteiger partial charge in [0.2, 0.25) is 0 Å². The lowest BCUT2D eigenvalue weighted by molar-refractivity contribution is 0.514. The molecule has 0 aliphatic heterocycles. The van der Waals surface area contributed by atoms with Crippen LogP contribution in [0.25, 0.3) is 0 Å². The lowest BCUT2D eigenvalue weighted by Gasteiger charge is -2.10. The van der Waals surface area contributed by atoms with Crippen LogP contribution in [0.1, 0.15) is 32.4 Å². The van der Waals surface area contributed by atoms with Crippen molar-refractivity contribution in [1.29, 1.82) is 0 Å². The quantitative estimate of drug-likeness (QED) is 0.714. The number of hydrogen-bond donors (Lipinski definition) is 1. The molecule has 0 radical (unpaired) electrons. The van der Waals surface area contributed by atoms with Crippen LogP contribution in [0.15, 0.2) is 31.2 Å². The number of nitrogens with one attached hydrogen (secondary N) is 1. The topological polar surface area (TPSA) is 47.7 Å². The first-order chi connectivity index (χ1) is 9.75. The minimum absolute atomic E-state index is 0.682. The molecule has 110 valence electrons. The Balaban J connectivity index is 1.68. The highest BCUT2D eigenvalue weighted by molar-refractivity contribution is 4.97. The average Bonchev–Trinajstić information content (AvgIpc) is 3.06. The van der Waals surface area contributed by atoms with Crippen LogP contribution in [-0.2, 0) is 19.6 Å². The molecule has 0 saturated heterocycles. The smallest absolute Gasteiger partial charge is 0.0948 e. The van der Waals surface area contributed by atoms with Gasteiger partial charge >= 0.3 is 0 Å². The van der Waals surface area contributed by atoms with E-state index in [9.17, 15) is 0 Å². The van der Waals surface area contributed by atoms with E-state index >= 15 is 0 Å². The molecule has 0 aliphatic rings. The number of aromatic nitrogens is 4. The summed E-state index contributed by atoms with van der Waals surface area (Å²) in [6.07, 6.45) is 11.9. The summed E-state index contributed by atoms with van der Waals surface area (Å²) in [5.41, 5.74) is 1.27. The predicted molar refractivity (Wildman–Crippen MR) is 80.2 cm³/mol. The Morgan fingerprint density at radius 3 is 2.75 bits per heavy atom. The summed E-state index contributed by atoms with van der Waals surface area (Å²) in [6.45, 7) is 8.47. The molecule has 0 aromatic carbocycles. The number of unbranched alkanes of at least 4 members (excludes halogenated alkanes) is 1. The fourth-order valence-corrected chi connectivity index (χ4v) is 2.18. The fraction of sp³-hybridized carbons (Fsp3) is 0.600. The molecule has 2 aromatic heterocycles. The van der Waals surface area contributed by atoms with Gasteiger partial charge in [0.25, 0.3) is 0 Å². The Kier molecular flexibility index (Phi) is 5.80. The minimum Gasteiger partial charge on any atom is -0.337 e. The molecule has 0 saturated carbocycles. The Morgan fingerprint density at radius 1 is 1.15 bits per heavy atom. The largest absolute Gasteiger partial charge is 0.337 e. The molecular formula is C15H25N5. The Morgan fingerprint density at radius 2 is 2.00 bits per heavy atom. The van der Waals surface area contributed by atoms with E-state index in [-0.39, 0.29) is 0 Å².